The van der Waals surface area contributed by atoms with Crippen molar-refractivity contribution in [2.45, 2.75) is 77.7 Å². The Balaban J connectivity index is 1.80. The van der Waals surface area contributed by atoms with Crippen molar-refractivity contribution < 1.29 is 0 Å². The number of allylic oxidation sites excluding steroid dienone is 1. The molecule has 2 aromatic rings. The Kier molecular flexibility index (Phi) is 4.22. The van der Waals surface area contributed by atoms with Gasteiger partial charge in [0.2, 0.25) is 5.95 Å². The van der Waals surface area contributed by atoms with Crippen LogP contribution in [0.2, 0.25) is 0 Å². The third kappa shape index (κ3) is 2.88. The summed E-state index contributed by atoms with van der Waals surface area (Å²) < 4.78 is 0. The van der Waals surface area contributed by atoms with Gasteiger partial charge in [-0.05, 0) is 67.6 Å². The maximum atomic E-state index is 4.70. The molecule has 0 saturated heterocycles. The van der Waals surface area contributed by atoms with Crippen molar-refractivity contribution in [2.75, 3.05) is 4.90 Å². The molecule has 0 spiro atoms. The third-order valence-electron chi connectivity index (χ3n) is 5.95. The molecule has 4 heteroatoms. The first-order valence-electron chi connectivity index (χ1n) is 9.70. The number of thiophene rings is 1. The van der Waals surface area contributed by atoms with Crippen LogP contribution in [0.15, 0.2) is 19.0 Å². The van der Waals surface area contributed by atoms with Crippen LogP contribution in [-0.2, 0) is 5.41 Å². The van der Waals surface area contributed by atoms with Gasteiger partial charge in [-0.15, -0.1) is 11.3 Å². The first-order chi connectivity index (χ1) is 12.3. The highest BCUT2D eigenvalue weighted by molar-refractivity contribution is 7.16. The summed E-state index contributed by atoms with van der Waals surface area (Å²) in [5.74, 6) is 1.49. The maximum Gasteiger partial charge on any atom is 0.230 e. The van der Waals surface area contributed by atoms with Crippen LogP contribution in [0.1, 0.15) is 80.9 Å². The van der Waals surface area contributed by atoms with Crippen LogP contribution in [0, 0.1) is 6.92 Å². The fraction of sp³-hybridized carbons (Fsp3) is 0.545. The van der Waals surface area contributed by atoms with Crippen molar-refractivity contribution in [3.8, 4) is 0 Å². The summed E-state index contributed by atoms with van der Waals surface area (Å²) in [5.41, 5.74) is 5.32. The Morgan fingerprint density at radius 2 is 1.88 bits per heavy atom. The summed E-state index contributed by atoms with van der Waals surface area (Å²) in [5, 5.41) is 1.36. The molecule has 2 aromatic heterocycles. The average molecular weight is 368 g/mol. The standard InChI is InChI=1S/C22H29N3S/c1-13(2)16-11-23-21(24-12-16)25(17-7-8-17)20-15(4)18-19(26-20)14(3)9-10-22(18,5)6/h11-12,14,17H,1,7-10H2,2-6H3. The van der Waals surface area contributed by atoms with Crippen LogP contribution >= 0.6 is 11.3 Å². The second kappa shape index (κ2) is 6.19. The predicted molar refractivity (Wildman–Crippen MR) is 112 cm³/mol. The van der Waals surface area contributed by atoms with E-state index in [0.29, 0.717) is 12.0 Å². The molecule has 0 radical (unpaired) electrons. The molecule has 1 atom stereocenters. The molecule has 0 aromatic carbocycles. The smallest absolute Gasteiger partial charge is 0.230 e. The normalized spacial score (nSPS) is 21.3. The minimum atomic E-state index is 0.264. The quantitative estimate of drug-likeness (QED) is 0.630. The van der Waals surface area contributed by atoms with Crippen molar-refractivity contribution in [3.05, 3.63) is 40.5 Å². The summed E-state index contributed by atoms with van der Waals surface area (Å²) >= 11 is 1.98. The SMILES string of the molecule is C=C(C)c1cnc(N(c2sc3c(c2C)C(C)(C)CCC3C)C2CC2)nc1. The Hall–Kier alpha value is -1.68. The van der Waals surface area contributed by atoms with Crippen LogP contribution in [0.25, 0.3) is 5.57 Å². The van der Waals surface area contributed by atoms with E-state index in [0.717, 1.165) is 17.1 Å². The molecule has 1 fully saturated rings. The number of rotatable bonds is 4. The van der Waals surface area contributed by atoms with E-state index in [2.05, 4.69) is 39.2 Å². The average Bonchev–Trinajstić information content (AvgIpc) is 3.36. The van der Waals surface area contributed by atoms with E-state index in [1.165, 1.54) is 36.2 Å². The molecule has 0 amide bonds. The first-order valence-corrected chi connectivity index (χ1v) is 10.5. The van der Waals surface area contributed by atoms with Gasteiger partial charge in [0.05, 0.1) is 0 Å². The third-order valence-corrected chi connectivity index (χ3v) is 7.48. The molecule has 0 bridgehead atoms. The van der Waals surface area contributed by atoms with Gasteiger partial charge in [-0.1, -0.05) is 27.4 Å². The molecule has 0 aliphatic heterocycles. The molecule has 2 aliphatic carbocycles. The molecule has 3 nitrogen and oxygen atoms in total. The van der Waals surface area contributed by atoms with Gasteiger partial charge in [0.25, 0.3) is 0 Å². The van der Waals surface area contributed by atoms with Gasteiger partial charge in [0.15, 0.2) is 0 Å². The fourth-order valence-electron chi connectivity index (χ4n) is 4.19. The van der Waals surface area contributed by atoms with Crippen LogP contribution in [0.4, 0.5) is 10.9 Å². The van der Waals surface area contributed by atoms with Crippen LogP contribution < -0.4 is 4.90 Å². The van der Waals surface area contributed by atoms with E-state index >= 15 is 0 Å². The second-order valence-corrected chi connectivity index (χ2v) is 9.78. The van der Waals surface area contributed by atoms with E-state index in [1.807, 2.05) is 30.7 Å². The summed E-state index contributed by atoms with van der Waals surface area (Å²) in [7, 11) is 0. The fourth-order valence-corrected chi connectivity index (χ4v) is 5.84. The molecule has 26 heavy (non-hydrogen) atoms. The van der Waals surface area contributed by atoms with Crippen LogP contribution in [-0.4, -0.2) is 16.0 Å². The molecule has 138 valence electrons. The highest BCUT2D eigenvalue weighted by Gasteiger charge is 2.40. The summed E-state index contributed by atoms with van der Waals surface area (Å²) in [4.78, 5) is 13.4. The van der Waals surface area contributed by atoms with Crippen molar-refractivity contribution in [2.24, 2.45) is 0 Å². The number of hydrogen-bond acceptors (Lipinski definition) is 4. The summed E-state index contributed by atoms with van der Waals surface area (Å²) in [6.45, 7) is 15.5. The second-order valence-electron chi connectivity index (χ2n) is 8.75. The zero-order valence-corrected chi connectivity index (χ0v) is 17.4. The van der Waals surface area contributed by atoms with Crippen molar-refractivity contribution >= 4 is 27.9 Å². The lowest BCUT2D eigenvalue weighted by atomic mass is 9.71. The summed E-state index contributed by atoms with van der Waals surface area (Å²) in [6, 6.07) is 0.544. The predicted octanol–water partition coefficient (Wildman–Crippen LogP) is 6.36. The van der Waals surface area contributed by atoms with Gasteiger partial charge in [-0.25, -0.2) is 9.97 Å². The molecule has 2 heterocycles. The number of aromatic nitrogens is 2. The Morgan fingerprint density at radius 1 is 1.23 bits per heavy atom. The van der Waals surface area contributed by atoms with E-state index < -0.39 is 0 Å². The highest BCUT2D eigenvalue weighted by atomic mass is 32.1. The molecule has 4 rings (SSSR count). The van der Waals surface area contributed by atoms with Gasteiger partial charge in [0.1, 0.15) is 5.00 Å². The largest absolute Gasteiger partial charge is 0.299 e. The number of hydrogen-bond donors (Lipinski definition) is 0. The molecule has 0 N–H and O–H groups in total. The van der Waals surface area contributed by atoms with E-state index in [4.69, 9.17) is 9.97 Å². The molecule has 1 saturated carbocycles. The lowest BCUT2D eigenvalue weighted by molar-refractivity contribution is 0.406. The summed E-state index contributed by atoms with van der Waals surface area (Å²) in [6.07, 6.45) is 8.84. The minimum absolute atomic E-state index is 0.264. The lowest BCUT2D eigenvalue weighted by Crippen LogP contribution is -2.25. The van der Waals surface area contributed by atoms with Crippen molar-refractivity contribution in [1.82, 2.24) is 9.97 Å². The number of fused-ring (bicyclic) bond motifs is 1. The van der Waals surface area contributed by atoms with E-state index in [9.17, 15) is 0 Å². The Morgan fingerprint density at radius 3 is 2.42 bits per heavy atom. The molecular weight excluding hydrogens is 338 g/mol. The molecule has 2 aliphatic rings. The maximum absolute atomic E-state index is 4.70. The highest BCUT2D eigenvalue weighted by Crippen LogP contribution is 2.53. The van der Waals surface area contributed by atoms with Crippen molar-refractivity contribution in [1.29, 1.82) is 0 Å². The molecule has 1 unspecified atom stereocenters. The van der Waals surface area contributed by atoms with Gasteiger partial charge < -0.3 is 0 Å². The number of anilines is 2. The minimum Gasteiger partial charge on any atom is -0.299 e. The van der Waals surface area contributed by atoms with Crippen LogP contribution in [0.5, 0.6) is 0 Å². The Labute approximate surface area is 161 Å². The Bertz CT molecular complexity index is 843. The topological polar surface area (TPSA) is 29.0 Å². The zero-order valence-electron chi connectivity index (χ0n) is 16.6. The first kappa shape index (κ1) is 17.7. The van der Waals surface area contributed by atoms with E-state index in [1.54, 1.807) is 10.4 Å². The van der Waals surface area contributed by atoms with Gasteiger partial charge in [-0.2, -0.15) is 0 Å². The lowest BCUT2D eigenvalue weighted by Gasteiger charge is -2.34. The van der Waals surface area contributed by atoms with Gasteiger partial charge in [0, 0.05) is 28.9 Å². The molecular formula is C22H29N3S. The van der Waals surface area contributed by atoms with Gasteiger partial charge in [-0.3, -0.25) is 4.90 Å². The van der Waals surface area contributed by atoms with Crippen LogP contribution in [0.3, 0.4) is 0 Å². The monoisotopic (exact) mass is 367 g/mol. The van der Waals surface area contributed by atoms with E-state index in [-0.39, 0.29) is 5.41 Å². The zero-order chi connectivity index (χ0) is 18.6. The number of nitrogens with zero attached hydrogens (tertiary/aromatic N) is 3. The van der Waals surface area contributed by atoms with Crippen molar-refractivity contribution in [3.63, 3.8) is 0 Å². The van der Waals surface area contributed by atoms with Gasteiger partial charge >= 0.3 is 0 Å².